The van der Waals surface area contributed by atoms with E-state index in [9.17, 15) is 4.79 Å². The third-order valence-electron chi connectivity index (χ3n) is 4.52. The van der Waals surface area contributed by atoms with Crippen molar-refractivity contribution in [1.29, 1.82) is 0 Å². The van der Waals surface area contributed by atoms with Gasteiger partial charge in [-0.05, 0) is 30.9 Å². The fourth-order valence-electron chi connectivity index (χ4n) is 3.01. The molecule has 0 saturated carbocycles. The van der Waals surface area contributed by atoms with Crippen LogP contribution in [-0.2, 0) is 19.5 Å². The molecule has 1 atom stereocenters. The van der Waals surface area contributed by atoms with Crippen molar-refractivity contribution in [2.24, 2.45) is 0 Å². The minimum Gasteiger partial charge on any atom is -0.331 e. The van der Waals surface area contributed by atoms with Gasteiger partial charge in [0.05, 0.1) is 12.6 Å². The molecule has 0 aliphatic carbocycles. The Morgan fingerprint density at radius 1 is 1.07 bits per heavy atom. The van der Waals surface area contributed by atoms with E-state index in [1.54, 1.807) is 6.33 Å². The number of nitrogens with zero attached hydrogens (tertiary/aromatic N) is 3. The molecule has 3 aromatic rings. The molecule has 0 fully saturated rings. The van der Waals surface area contributed by atoms with Gasteiger partial charge < -0.3 is 15.2 Å². The van der Waals surface area contributed by atoms with Crippen LogP contribution in [0.15, 0.2) is 67.0 Å². The van der Waals surface area contributed by atoms with Gasteiger partial charge in [-0.2, -0.15) is 0 Å². The van der Waals surface area contributed by atoms with Gasteiger partial charge >= 0.3 is 6.03 Å². The van der Waals surface area contributed by atoms with E-state index in [4.69, 9.17) is 0 Å². The average molecular weight is 363 g/mol. The molecular formula is C21H25N5O. The third-order valence-corrected chi connectivity index (χ3v) is 4.52. The Morgan fingerprint density at radius 3 is 2.48 bits per heavy atom. The van der Waals surface area contributed by atoms with Crippen LogP contribution in [0, 0.1) is 0 Å². The number of hydrogen-bond donors (Lipinski definition) is 2. The number of urea groups is 1. The van der Waals surface area contributed by atoms with Crippen LogP contribution in [0.3, 0.4) is 0 Å². The van der Waals surface area contributed by atoms with Gasteiger partial charge in [0.25, 0.3) is 0 Å². The normalized spacial score (nSPS) is 11.7. The molecule has 0 unspecified atom stereocenters. The Kier molecular flexibility index (Phi) is 6.57. The lowest BCUT2D eigenvalue weighted by atomic mass is 9.99. The number of aryl methyl sites for hydroxylation is 2. The fourth-order valence-corrected chi connectivity index (χ4v) is 3.01. The summed E-state index contributed by atoms with van der Waals surface area (Å²) in [6.45, 7) is 3.14. The first-order valence-corrected chi connectivity index (χ1v) is 9.26. The summed E-state index contributed by atoms with van der Waals surface area (Å²) in [6, 6.07) is 20.1. The van der Waals surface area contributed by atoms with E-state index in [1.165, 1.54) is 5.56 Å². The minimum atomic E-state index is -0.206. The van der Waals surface area contributed by atoms with E-state index in [2.05, 4.69) is 33.0 Å². The highest BCUT2D eigenvalue weighted by Gasteiger charge is 2.15. The Morgan fingerprint density at radius 2 is 1.78 bits per heavy atom. The van der Waals surface area contributed by atoms with Crippen molar-refractivity contribution in [3.8, 4) is 0 Å². The molecule has 1 aromatic heterocycles. The molecule has 27 heavy (non-hydrogen) atoms. The second kappa shape index (κ2) is 9.52. The van der Waals surface area contributed by atoms with Gasteiger partial charge in [-0.3, -0.25) is 0 Å². The van der Waals surface area contributed by atoms with Gasteiger partial charge in [0.1, 0.15) is 6.33 Å². The molecule has 2 N–H and O–H groups in total. The maximum atomic E-state index is 12.5. The first-order valence-electron chi connectivity index (χ1n) is 9.26. The Hall–Kier alpha value is -3.15. The monoisotopic (exact) mass is 363 g/mol. The third kappa shape index (κ3) is 5.41. The van der Waals surface area contributed by atoms with Crippen LogP contribution in [0.2, 0.25) is 0 Å². The Bertz CT molecular complexity index is 832. The molecule has 6 heteroatoms. The Balaban J connectivity index is 1.61. The molecule has 0 radical (unpaired) electrons. The molecule has 140 valence electrons. The molecule has 2 amide bonds. The maximum absolute atomic E-state index is 12.5. The molecule has 2 aromatic carbocycles. The lowest BCUT2D eigenvalue weighted by molar-refractivity contribution is 0.235. The standard InChI is InChI=1S/C21H25N5O/c1-2-26-16-23-25-20(26)15-22-21(27)24-19(18-11-7-4-8-12-18)14-13-17-9-5-3-6-10-17/h3-12,16,19H,2,13-15H2,1H3,(H2,22,24,27)/t19-/m0/s1. The van der Waals surface area contributed by atoms with Gasteiger partial charge in [-0.15, -0.1) is 10.2 Å². The van der Waals surface area contributed by atoms with Gasteiger partial charge in [0.2, 0.25) is 0 Å². The van der Waals surface area contributed by atoms with Gasteiger partial charge in [-0.1, -0.05) is 60.7 Å². The highest BCUT2D eigenvalue weighted by Crippen LogP contribution is 2.19. The zero-order valence-electron chi connectivity index (χ0n) is 15.5. The van der Waals surface area contributed by atoms with Crippen LogP contribution < -0.4 is 10.6 Å². The van der Waals surface area contributed by atoms with Crippen molar-refractivity contribution in [2.45, 2.75) is 38.9 Å². The quantitative estimate of drug-likeness (QED) is 0.644. The predicted molar refractivity (Wildman–Crippen MR) is 105 cm³/mol. The van der Waals surface area contributed by atoms with E-state index >= 15 is 0 Å². The summed E-state index contributed by atoms with van der Waals surface area (Å²) in [5.41, 5.74) is 2.36. The number of carbonyl (C=O) groups is 1. The molecule has 3 rings (SSSR count). The second-order valence-corrected chi connectivity index (χ2v) is 6.35. The van der Waals surface area contributed by atoms with Crippen molar-refractivity contribution in [2.75, 3.05) is 0 Å². The van der Waals surface area contributed by atoms with Crippen molar-refractivity contribution in [3.63, 3.8) is 0 Å². The zero-order chi connectivity index (χ0) is 18.9. The molecule has 0 spiro atoms. The molecule has 0 saturated heterocycles. The molecular weight excluding hydrogens is 338 g/mol. The largest absolute Gasteiger partial charge is 0.331 e. The molecule has 1 heterocycles. The topological polar surface area (TPSA) is 71.8 Å². The van der Waals surface area contributed by atoms with Gasteiger partial charge in [0.15, 0.2) is 5.82 Å². The summed E-state index contributed by atoms with van der Waals surface area (Å²) in [5, 5.41) is 13.9. The second-order valence-electron chi connectivity index (χ2n) is 6.35. The SMILES string of the molecule is CCn1cnnc1CNC(=O)N[C@@H](CCc1ccccc1)c1ccccc1. The maximum Gasteiger partial charge on any atom is 0.315 e. The van der Waals surface area contributed by atoms with Crippen LogP contribution in [0.5, 0.6) is 0 Å². The van der Waals surface area contributed by atoms with Crippen molar-refractivity contribution in [1.82, 2.24) is 25.4 Å². The van der Waals surface area contributed by atoms with E-state index in [-0.39, 0.29) is 12.1 Å². The molecule has 0 aliphatic heterocycles. The number of benzene rings is 2. The number of rotatable bonds is 8. The summed E-state index contributed by atoms with van der Waals surface area (Å²) in [7, 11) is 0. The van der Waals surface area contributed by atoms with E-state index in [0.29, 0.717) is 6.54 Å². The smallest absolute Gasteiger partial charge is 0.315 e. The highest BCUT2D eigenvalue weighted by molar-refractivity contribution is 5.74. The summed E-state index contributed by atoms with van der Waals surface area (Å²) in [4.78, 5) is 12.5. The first kappa shape index (κ1) is 18.6. The van der Waals surface area contributed by atoms with Crippen molar-refractivity contribution < 1.29 is 4.79 Å². The van der Waals surface area contributed by atoms with Crippen LogP contribution in [0.25, 0.3) is 0 Å². The number of hydrogen-bond acceptors (Lipinski definition) is 3. The number of amides is 2. The predicted octanol–water partition coefficient (Wildman–Crippen LogP) is 3.47. The van der Waals surface area contributed by atoms with Crippen LogP contribution in [0.1, 0.15) is 36.3 Å². The van der Waals surface area contributed by atoms with Gasteiger partial charge in [-0.25, -0.2) is 4.79 Å². The number of carbonyl (C=O) groups excluding carboxylic acids is 1. The summed E-state index contributed by atoms with van der Waals surface area (Å²) < 4.78 is 1.91. The fraction of sp³-hybridized carbons (Fsp3) is 0.286. The van der Waals surface area contributed by atoms with Crippen LogP contribution >= 0.6 is 0 Å². The summed E-state index contributed by atoms with van der Waals surface area (Å²) >= 11 is 0. The number of aromatic nitrogens is 3. The van der Waals surface area contributed by atoms with Crippen LogP contribution in [-0.4, -0.2) is 20.8 Å². The zero-order valence-corrected chi connectivity index (χ0v) is 15.5. The molecule has 0 bridgehead atoms. The van der Waals surface area contributed by atoms with Gasteiger partial charge in [0, 0.05) is 6.54 Å². The minimum absolute atomic E-state index is 0.0598. The molecule has 6 nitrogen and oxygen atoms in total. The summed E-state index contributed by atoms with van der Waals surface area (Å²) in [6.07, 6.45) is 3.39. The lowest BCUT2D eigenvalue weighted by Gasteiger charge is -2.20. The highest BCUT2D eigenvalue weighted by atomic mass is 16.2. The van der Waals surface area contributed by atoms with E-state index in [1.807, 2.05) is 60.0 Å². The van der Waals surface area contributed by atoms with Crippen molar-refractivity contribution in [3.05, 3.63) is 83.9 Å². The van der Waals surface area contributed by atoms with Crippen molar-refractivity contribution >= 4 is 6.03 Å². The average Bonchev–Trinajstić information content (AvgIpc) is 3.18. The van der Waals surface area contributed by atoms with E-state index < -0.39 is 0 Å². The summed E-state index contributed by atoms with van der Waals surface area (Å²) in [5.74, 6) is 0.744. The van der Waals surface area contributed by atoms with E-state index in [0.717, 1.165) is 30.8 Å². The molecule has 0 aliphatic rings. The Labute approximate surface area is 159 Å². The van der Waals surface area contributed by atoms with Crippen LogP contribution in [0.4, 0.5) is 4.79 Å². The number of nitrogens with one attached hydrogen (secondary N) is 2. The lowest BCUT2D eigenvalue weighted by Crippen LogP contribution is -2.38. The first-order chi connectivity index (χ1) is 13.3.